The largest absolute Gasteiger partial charge is 0.406 e. The molecule has 24 heavy (non-hydrogen) atoms. The van der Waals surface area contributed by atoms with E-state index in [0.717, 1.165) is 0 Å². The highest BCUT2D eigenvalue weighted by molar-refractivity contribution is 7.13. The molecule has 0 fully saturated rings. The van der Waals surface area contributed by atoms with E-state index in [4.69, 9.17) is 8.85 Å². The lowest BCUT2D eigenvalue weighted by molar-refractivity contribution is 0.273. The number of aryl methyl sites for hydroxylation is 4. The third kappa shape index (κ3) is 2.20. The molecule has 1 aliphatic rings. The van der Waals surface area contributed by atoms with Gasteiger partial charge in [0.05, 0.1) is 0 Å². The number of benzene rings is 2. The van der Waals surface area contributed by atoms with Crippen LogP contribution in [0.5, 0.6) is 0 Å². The van der Waals surface area contributed by atoms with Crippen LogP contribution >= 0.6 is 0 Å². The van der Waals surface area contributed by atoms with Crippen molar-refractivity contribution >= 4 is 37.4 Å². The Kier molecular flexibility index (Phi) is 4.16. The summed E-state index contributed by atoms with van der Waals surface area (Å²) >= 11 is 0. The average molecular weight is 357 g/mol. The van der Waals surface area contributed by atoms with Crippen LogP contribution in [0.25, 0.3) is 0 Å². The lowest BCUT2D eigenvalue weighted by Gasteiger charge is -2.43. The van der Waals surface area contributed by atoms with Gasteiger partial charge >= 0.3 is 8.56 Å². The second kappa shape index (κ2) is 5.66. The van der Waals surface area contributed by atoms with Gasteiger partial charge in [-0.2, -0.15) is 0 Å². The van der Waals surface area contributed by atoms with E-state index in [9.17, 15) is 0 Å². The number of hydrogen-bond acceptors (Lipinski definition) is 2. The summed E-state index contributed by atoms with van der Waals surface area (Å²) in [6, 6.07) is 9.46. The molecule has 0 saturated carbocycles. The Balaban J connectivity index is 2.48. The van der Waals surface area contributed by atoms with Gasteiger partial charge in [-0.1, -0.05) is 47.7 Å². The summed E-state index contributed by atoms with van der Waals surface area (Å²) in [4.78, 5) is 0. The van der Waals surface area contributed by atoms with Crippen molar-refractivity contribution < 1.29 is 8.85 Å². The molecule has 0 atom stereocenters. The minimum atomic E-state index is -2.63. The fourth-order valence-corrected chi connectivity index (χ4v) is 12.8. The van der Waals surface area contributed by atoms with Gasteiger partial charge in [0.2, 0.25) is 0 Å². The first kappa shape index (κ1) is 17.6. The van der Waals surface area contributed by atoms with E-state index in [1.54, 1.807) is 0 Å². The predicted octanol–water partition coefficient (Wildman–Crippen LogP) is 1.91. The van der Waals surface area contributed by atoms with E-state index < -0.39 is 16.6 Å². The lowest BCUT2D eigenvalue weighted by Crippen LogP contribution is -2.81. The van der Waals surface area contributed by atoms with Crippen molar-refractivity contribution in [2.45, 2.75) is 40.8 Å². The molecule has 2 aromatic rings. The molecule has 3 rings (SSSR count). The van der Waals surface area contributed by atoms with Gasteiger partial charge < -0.3 is 8.85 Å². The first-order valence-electron chi connectivity index (χ1n) is 8.53. The van der Waals surface area contributed by atoms with Crippen molar-refractivity contribution in [3.8, 4) is 0 Å². The van der Waals surface area contributed by atoms with Crippen LogP contribution in [0.2, 0.25) is 13.1 Å². The van der Waals surface area contributed by atoms with Crippen molar-refractivity contribution in [2.75, 3.05) is 14.2 Å². The highest BCUT2D eigenvalue weighted by Crippen LogP contribution is 2.20. The van der Waals surface area contributed by atoms with Crippen molar-refractivity contribution in [1.82, 2.24) is 0 Å². The molecule has 2 aromatic carbocycles. The van der Waals surface area contributed by atoms with Crippen molar-refractivity contribution in [3.63, 3.8) is 0 Å². The first-order chi connectivity index (χ1) is 11.2. The molecule has 0 bridgehead atoms. The summed E-state index contributed by atoms with van der Waals surface area (Å²) in [5.41, 5.74) is 5.35. The maximum atomic E-state index is 6.20. The van der Waals surface area contributed by atoms with Crippen LogP contribution in [-0.2, 0) is 8.85 Å². The average Bonchev–Trinajstić information content (AvgIpc) is 2.53. The molecule has 1 heterocycles. The molecule has 128 valence electrons. The van der Waals surface area contributed by atoms with Crippen LogP contribution in [0.1, 0.15) is 22.3 Å². The van der Waals surface area contributed by atoms with Gasteiger partial charge in [0, 0.05) is 14.2 Å². The Bertz CT molecular complexity index is 757. The standard InChI is InChI=1S/C20H28O2Si2/c1-13-9-17-19(11-15(13)3)24(21-5,22-6)20-12-16(4)14(2)10-18(20)23(17,7)8/h9-12H,1-8H3. The van der Waals surface area contributed by atoms with E-state index in [1.807, 2.05) is 14.2 Å². The second-order valence-corrected chi connectivity index (χ2v) is 15.1. The van der Waals surface area contributed by atoms with Crippen LogP contribution in [0.15, 0.2) is 24.3 Å². The second-order valence-electron chi connectivity index (χ2n) is 7.61. The van der Waals surface area contributed by atoms with Gasteiger partial charge in [-0.25, -0.2) is 0 Å². The van der Waals surface area contributed by atoms with Crippen molar-refractivity contribution in [2.24, 2.45) is 0 Å². The van der Waals surface area contributed by atoms with Crippen LogP contribution in [0.4, 0.5) is 0 Å². The Labute approximate surface area is 148 Å². The maximum Gasteiger partial charge on any atom is 0.406 e. The fourth-order valence-electron chi connectivity index (χ4n) is 4.02. The molecule has 0 saturated heterocycles. The zero-order chi connectivity index (χ0) is 17.9. The molecule has 1 aliphatic heterocycles. The molecule has 0 amide bonds. The zero-order valence-electron chi connectivity index (χ0n) is 16.1. The topological polar surface area (TPSA) is 18.5 Å². The summed E-state index contributed by atoms with van der Waals surface area (Å²) in [7, 11) is -0.796. The monoisotopic (exact) mass is 356 g/mol. The molecule has 0 N–H and O–H groups in total. The quantitative estimate of drug-likeness (QED) is 0.765. The Morgan fingerprint density at radius 1 is 0.583 bits per heavy atom. The van der Waals surface area contributed by atoms with E-state index in [2.05, 4.69) is 65.1 Å². The summed E-state index contributed by atoms with van der Waals surface area (Å²) < 4.78 is 12.4. The van der Waals surface area contributed by atoms with E-state index in [-0.39, 0.29) is 0 Å². The third-order valence-corrected chi connectivity index (χ3v) is 13.3. The summed E-state index contributed by atoms with van der Waals surface area (Å²) in [5, 5.41) is 5.61. The first-order valence-corrected chi connectivity index (χ1v) is 13.4. The molecule has 2 nitrogen and oxygen atoms in total. The zero-order valence-corrected chi connectivity index (χ0v) is 18.1. The molecule has 0 spiro atoms. The van der Waals surface area contributed by atoms with Crippen LogP contribution < -0.4 is 20.7 Å². The number of fused-ring (bicyclic) bond motifs is 2. The molecule has 0 unspecified atom stereocenters. The van der Waals surface area contributed by atoms with E-state index in [0.29, 0.717) is 0 Å². The Morgan fingerprint density at radius 2 is 0.875 bits per heavy atom. The normalized spacial score (nSPS) is 17.3. The molecule has 0 aliphatic carbocycles. The Morgan fingerprint density at radius 3 is 1.17 bits per heavy atom. The minimum absolute atomic E-state index is 1.32. The van der Waals surface area contributed by atoms with Crippen molar-refractivity contribution in [3.05, 3.63) is 46.5 Å². The van der Waals surface area contributed by atoms with Crippen LogP contribution in [-0.4, -0.2) is 30.9 Å². The van der Waals surface area contributed by atoms with E-state index in [1.165, 1.54) is 43.0 Å². The summed E-state index contributed by atoms with van der Waals surface area (Å²) in [5.74, 6) is 0. The third-order valence-electron chi connectivity index (χ3n) is 5.90. The highest BCUT2D eigenvalue weighted by atomic mass is 28.4. The highest BCUT2D eigenvalue weighted by Gasteiger charge is 2.52. The van der Waals surface area contributed by atoms with Crippen molar-refractivity contribution in [1.29, 1.82) is 0 Å². The molecular formula is C20H28O2Si2. The smallest absolute Gasteiger partial charge is 0.391 e. The van der Waals surface area contributed by atoms with Gasteiger partial charge in [0.1, 0.15) is 8.07 Å². The molecule has 4 heteroatoms. The summed E-state index contributed by atoms with van der Waals surface area (Å²) in [6.07, 6.45) is 0. The Hall–Kier alpha value is -1.21. The van der Waals surface area contributed by atoms with Gasteiger partial charge in [-0.3, -0.25) is 0 Å². The maximum absolute atomic E-state index is 6.20. The molecule has 0 radical (unpaired) electrons. The van der Waals surface area contributed by atoms with E-state index >= 15 is 0 Å². The molecular weight excluding hydrogens is 328 g/mol. The SMILES string of the molecule is CO[Si]1(OC)c2cc(C)c(C)cc2[Si](C)(C)c2cc(C)c(C)cc21. The fraction of sp³-hybridized carbons (Fsp3) is 0.400. The lowest BCUT2D eigenvalue weighted by atomic mass is 10.1. The van der Waals surface area contributed by atoms with Gasteiger partial charge in [-0.15, -0.1) is 0 Å². The summed E-state index contributed by atoms with van der Waals surface area (Å²) in [6.45, 7) is 13.7. The van der Waals surface area contributed by atoms with Crippen LogP contribution in [0.3, 0.4) is 0 Å². The van der Waals surface area contributed by atoms with Crippen LogP contribution in [0, 0.1) is 27.7 Å². The number of rotatable bonds is 2. The molecule has 0 aromatic heterocycles. The predicted molar refractivity (Wildman–Crippen MR) is 108 cm³/mol. The minimum Gasteiger partial charge on any atom is -0.391 e. The number of hydrogen-bond donors (Lipinski definition) is 0. The van der Waals surface area contributed by atoms with Gasteiger partial charge in [-0.05, 0) is 60.3 Å². The van der Waals surface area contributed by atoms with Gasteiger partial charge in [0.15, 0.2) is 0 Å². The van der Waals surface area contributed by atoms with Gasteiger partial charge in [0.25, 0.3) is 0 Å².